The Labute approximate surface area is 160 Å². The van der Waals surface area contributed by atoms with Crippen LogP contribution in [0.25, 0.3) is 0 Å². The third kappa shape index (κ3) is 15.6. The summed E-state index contributed by atoms with van der Waals surface area (Å²) >= 11 is 0. The number of nitrogens with one attached hydrogen (secondary N) is 1. The van der Waals surface area contributed by atoms with Crippen molar-refractivity contribution in [1.82, 2.24) is 10.2 Å². The van der Waals surface area contributed by atoms with Gasteiger partial charge in [0.25, 0.3) is 0 Å². The lowest BCUT2D eigenvalue weighted by molar-refractivity contribution is -0.142. The van der Waals surface area contributed by atoms with Crippen LogP contribution in [0.15, 0.2) is 0 Å². The number of hydrogen-bond donors (Lipinski definition) is 4. The van der Waals surface area contributed by atoms with Gasteiger partial charge in [-0.05, 0) is 19.4 Å². The summed E-state index contributed by atoms with van der Waals surface area (Å²) in [5.41, 5.74) is 0. The second-order valence-electron chi connectivity index (χ2n) is 7.13. The minimum Gasteiger partial charge on any atom is -0.481 e. The van der Waals surface area contributed by atoms with E-state index in [1.165, 1.54) is 38.5 Å². The zero-order valence-corrected chi connectivity index (χ0v) is 16.8. The van der Waals surface area contributed by atoms with E-state index in [2.05, 4.69) is 12.2 Å². The second kappa shape index (κ2) is 19.1. The van der Waals surface area contributed by atoms with E-state index in [1.807, 2.05) is 4.90 Å². The van der Waals surface area contributed by atoms with Gasteiger partial charge in [-0.3, -0.25) is 9.69 Å². The van der Waals surface area contributed by atoms with Gasteiger partial charge in [0.15, 0.2) is 0 Å². The molecule has 0 heterocycles. The van der Waals surface area contributed by atoms with E-state index in [0.29, 0.717) is 26.1 Å². The molecule has 0 saturated carbocycles. The number of carboxylic acids is 1. The number of unbranched alkanes of at least 4 members (excludes halogenated alkanes) is 7. The van der Waals surface area contributed by atoms with Gasteiger partial charge in [-0.25, -0.2) is 0 Å². The van der Waals surface area contributed by atoms with E-state index >= 15 is 0 Å². The van der Waals surface area contributed by atoms with Crippen LogP contribution in [0.1, 0.15) is 71.1 Å². The summed E-state index contributed by atoms with van der Waals surface area (Å²) < 4.78 is 0. The van der Waals surface area contributed by atoms with Gasteiger partial charge in [0.1, 0.15) is 0 Å². The number of hydrogen-bond acceptors (Lipinski definition) is 5. The van der Waals surface area contributed by atoms with Crippen molar-refractivity contribution in [2.45, 2.75) is 71.1 Å². The fourth-order valence-corrected chi connectivity index (χ4v) is 3.17. The molecule has 0 aromatic heterocycles. The maximum Gasteiger partial charge on any atom is 0.306 e. The zero-order valence-electron chi connectivity index (χ0n) is 16.8. The number of aliphatic hydroxyl groups is 2. The van der Waals surface area contributed by atoms with E-state index in [4.69, 9.17) is 10.2 Å². The van der Waals surface area contributed by atoms with E-state index in [0.717, 1.165) is 32.4 Å². The van der Waals surface area contributed by atoms with Crippen molar-refractivity contribution in [3.63, 3.8) is 0 Å². The molecule has 26 heavy (non-hydrogen) atoms. The van der Waals surface area contributed by atoms with Gasteiger partial charge in [-0.1, -0.05) is 58.3 Å². The Morgan fingerprint density at radius 2 is 1.42 bits per heavy atom. The molecule has 0 rings (SSSR count). The van der Waals surface area contributed by atoms with Crippen molar-refractivity contribution >= 4 is 5.97 Å². The Hall–Kier alpha value is -0.690. The smallest absolute Gasteiger partial charge is 0.306 e. The van der Waals surface area contributed by atoms with Gasteiger partial charge in [-0.15, -0.1) is 0 Å². The molecule has 0 aliphatic rings. The minimum absolute atomic E-state index is 0.0830. The standard InChI is InChI=1S/C20H42N2O4/c1-2-3-4-5-6-7-8-9-10-19(20(25)26)11-12-21-13-14-22(15-17-23)16-18-24/h19,21,23-24H,2-18H2,1H3,(H,25,26). The molecule has 0 aliphatic heterocycles. The first kappa shape index (κ1) is 25.3. The molecule has 0 amide bonds. The van der Waals surface area contributed by atoms with E-state index in [1.54, 1.807) is 0 Å². The Balaban J connectivity index is 3.71. The summed E-state index contributed by atoms with van der Waals surface area (Å²) in [6, 6.07) is 0. The van der Waals surface area contributed by atoms with Gasteiger partial charge in [0.05, 0.1) is 19.1 Å². The fraction of sp³-hybridized carbons (Fsp3) is 0.950. The highest BCUT2D eigenvalue weighted by Gasteiger charge is 2.16. The Morgan fingerprint density at radius 3 is 1.96 bits per heavy atom. The lowest BCUT2D eigenvalue weighted by atomic mass is 9.97. The predicted octanol–water partition coefficient (Wildman–Crippen LogP) is 2.48. The summed E-state index contributed by atoms with van der Waals surface area (Å²) in [7, 11) is 0. The van der Waals surface area contributed by atoms with Gasteiger partial charge < -0.3 is 20.6 Å². The van der Waals surface area contributed by atoms with Crippen LogP contribution in [0.2, 0.25) is 0 Å². The Bertz CT molecular complexity index is 310. The van der Waals surface area contributed by atoms with Gasteiger partial charge in [0.2, 0.25) is 0 Å². The molecule has 0 saturated heterocycles. The van der Waals surface area contributed by atoms with Crippen LogP contribution in [0.4, 0.5) is 0 Å². The van der Waals surface area contributed by atoms with Gasteiger partial charge >= 0.3 is 5.97 Å². The Kier molecular flexibility index (Phi) is 18.6. The number of carbonyl (C=O) groups is 1. The summed E-state index contributed by atoms with van der Waals surface area (Å²) in [5, 5.41) is 30.6. The highest BCUT2D eigenvalue weighted by molar-refractivity contribution is 5.69. The van der Waals surface area contributed by atoms with E-state index < -0.39 is 5.97 Å². The lowest BCUT2D eigenvalue weighted by Gasteiger charge is -2.20. The molecular formula is C20H42N2O4. The number of nitrogens with zero attached hydrogens (tertiary/aromatic N) is 1. The monoisotopic (exact) mass is 374 g/mol. The molecule has 6 heteroatoms. The predicted molar refractivity (Wildman–Crippen MR) is 106 cm³/mol. The maximum atomic E-state index is 11.4. The van der Waals surface area contributed by atoms with Gasteiger partial charge in [0, 0.05) is 26.2 Å². The molecule has 0 radical (unpaired) electrons. The van der Waals surface area contributed by atoms with Crippen molar-refractivity contribution in [3.05, 3.63) is 0 Å². The normalized spacial score (nSPS) is 12.6. The number of aliphatic carboxylic acids is 1. The van der Waals surface area contributed by atoms with Crippen molar-refractivity contribution in [3.8, 4) is 0 Å². The number of carboxylic acid groups (broad SMARTS) is 1. The topological polar surface area (TPSA) is 93.0 Å². The summed E-state index contributed by atoms with van der Waals surface area (Å²) in [5.74, 6) is -0.939. The number of aliphatic hydroxyl groups excluding tert-OH is 2. The fourth-order valence-electron chi connectivity index (χ4n) is 3.17. The molecule has 0 spiro atoms. The summed E-state index contributed by atoms with van der Waals surface area (Å²) in [4.78, 5) is 13.4. The quantitative estimate of drug-likeness (QED) is 0.245. The maximum absolute atomic E-state index is 11.4. The van der Waals surface area contributed by atoms with Crippen molar-refractivity contribution in [2.75, 3.05) is 45.9 Å². The molecule has 156 valence electrons. The first-order valence-corrected chi connectivity index (χ1v) is 10.5. The van der Waals surface area contributed by atoms with Crippen LogP contribution in [0, 0.1) is 5.92 Å². The molecule has 1 unspecified atom stereocenters. The van der Waals surface area contributed by atoms with Crippen LogP contribution in [-0.4, -0.2) is 72.1 Å². The zero-order chi connectivity index (χ0) is 19.5. The van der Waals surface area contributed by atoms with Gasteiger partial charge in [-0.2, -0.15) is 0 Å². The first-order chi connectivity index (χ1) is 12.7. The van der Waals surface area contributed by atoms with Crippen LogP contribution in [0.5, 0.6) is 0 Å². The third-order valence-electron chi connectivity index (χ3n) is 4.86. The number of rotatable bonds is 20. The molecule has 0 aliphatic carbocycles. The summed E-state index contributed by atoms with van der Waals surface area (Å²) in [6.07, 6.45) is 11.3. The van der Waals surface area contributed by atoms with Crippen molar-refractivity contribution in [2.24, 2.45) is 5.92 Å². The van der Waals surface area contributed by atoms with Crippen molar-refractivity contribution < 1.29 is 20.1 Å². The van der Waals surface area contributed by atoms with Crippen LogP contribution in [-0.2, 0) is 4.79 Å². The molecule has 0 aromatic carbocycles. The SMILES string of the molecule is CCCCCCCCCCC(CCNCCN(CCO)CCO)C(=O)O. The summed E-state index contributed by atoms with van der Waals surface area (Å²) in [6.45, 7) is 5.68. The average Bonchev–Trinajstić information content (AvgIpc) is 2.61. The molecule has 6 nitrogen and oxygen atoms in total. The molecule has 4 N–H and O–H groups in total. The average molecular weight is 375 g/mol. The van der Waals surface area contributed by atoms with Crippen molar-refractivity contribution in [1.29, 1.82) is 0 Å². The van der Waals surface area contributed by atoms with Crippen LogP contribution < -0.4 is 5.32 Å². The Morgan fingerprint density at radius 1 is 0.846 bits per heavy atom. The molecule has 1 atom stereocenters. The second-order valence-corrected chi connectivity index (χ2v) is 7.13. The molecule has 0 bridgehead atoms. The lowest BCUT2D eigenvalue weighted by Crippen LogP contribution is -2.36. The first-order valence-electron chi connectivity index (χ1n) is 10.5. The largest absolute Gasteiger partial charge is 0.481 e. The van der Waals surface area contributed by atoms with Crippen LogP contribution in [0.3, 0.4) is 0 Å². The van der Waals surface area contributed by atoms with Crippen LogP contribution >= 0.6 is 0 Å². The molecule has 0 fully saturated rings. The highest BCUT2D eigenvalue weighted by Crippen LogP contribution is 2.16. The molecular weight excluding hydrogens is 332 g/mol. The molecule has 0 aromatic rings. The minimum atomic E-state index is -0.683. The third-order valence-corrected chi connectivity index (χ3v) is 4.86. The highest BCUT2D eigenvalue weighted by atomic mass is 16.4. The van der Waals surface area contributed by atoms with E-state index in [-0.39, 0.29) is 19.1 Å². The van der Waals surface area contributed by atoms with E-state index in [9.17, 15) is 9.90 Å².